The summed E-state index contributed by atoms with van der Waals surface area (Å²) in [6.45, 7) is 2.23. The molecule has 1 atom stereocenters. The molecular weight excluding hydrogens is 276 g/mol. The summed E-state index contributed by atoms with van der Waals surface area (Å²) in [7, 11) is 0. The van der Waals surface area contributed by atoms with Crippen molar-refractivity contribution in [1.82, 2.24) is 5.32 Å². The molecule has 2 aliphatic rings. The molecule has 0 bridgehead atoms. The highest BCUT2D eigenvalue weighted by molar-refractivity contribution is 7.99. The van der Waals surface area contributed by atoms with Gasteiger partial charge in [0.2, 0.25) is 5.91 Å². The third-order valence-corrected chi connectivity index (χ3v) is 6.22. The van der Waals surface area contributed by atoms with Crippen LogP contribution in [0.1, 0.15) is 45.4 Å². The van der Waals surface area contributed by atoms with Gasteiger partial charge in [0.05, 0.1) is 10.5 Å². The molecule has 0 radical (unpaired) electrons. The van der Waals surface area contributed by atoms with Crippen molar-refractivity contribution in [3.8, 4) is 0 Å². The number of thioether (sulfide) groups is 1. The van der Waals surface area contributed by atoms with Crippen molar-refractivity contribution >= 4 is 34.9 Å². The minimum atomic E-state index is -0.411. The molecule has 2 fully saturated rings. The van der Waals surface area contributed by atoms with Crippen LogP contribution >= 0.6 is 24.0 Å². The summed E-state index contributed by atoms with van der Waals surface area (Å²) in [5.41, 5.74) is 5.54. The van der Waals surface area contributed by atoms with Gasteiger partial charge in [0.15, 0.2) is 0 Å². The number of hydrogen-bond acceptors (Lipinski definition) is 3. The van der Waals surface area contributed by atoms with E-state index in [0.717, 1.165) is 49.5 Å². The summed E-state index contributed by atoms with van der Waals surface area (Å²) in [6.07, 6.45) is 6.25. The summed E-state index contributed by atoms with van der Waals surface area (Å²) < 4.78 is 0. The Labute approximate surface area is 125 Å². The van der Waals surface area contributed by atoms with E-state index in [4.69, 9.17) is 18.0 Å². The van der Waals surface area contributed by atoms with Gasteiger partial charge in [-0.05, 0) is 43.8 Å². The average molecular weight is 300 g/mol. The lowest BCUT2D eigenvalue weighted by Crippen LogP contribution is -2.59. The Hall–Kier alpha value is -0.290. The van der Waals surface area contributed by atoms with Crippen LogP contribution in [0, 0.1) is 11.8 Å². The minimum absolute atomic E-state index is 0.153. The van der Waals surface area contributed by atoms with Crippen LogP contribution in [0.4, 0.5) is 0 Å². The van der Waals surface area contributed by atoms with Crippen LogP contribution < -0.4 is 11.1 Å². The SMILES string of the molecule is CCC1CCC(NC(=O)C2CCSC2)(C(N)=S)CC1. The molecule has 1 aliphatic heterocycles. The van der Waals surface area contributed by atoms with Crippen molar-refractivity contribution in [3.63, 3.8) is 0 Å². The van der Waals surface area contributed by atoms with E-state index in [1.807, 2.05) is 11.8 Å². The van der Waals surface area contributed by atoms with Gasteiger partial charge in [-0.2, -0.15) is 11.8 Å². The van der Waals surface area contributed by atoms with E-state index in [9.17, 15) is 4.79 Å². The number of nitrogens with one attached hydrogen (secondary N) is 1. The molecule has 1 saturated heterocycles. The van der Waals surface area contributed by atoms with E-state index in [-0.39, 0.29) is 11.8 Å². The minimum Gasteiger partial charge on any atom is -0.391 e. The molecular formula is C14H24N2OS2. The quantitative estimate of drug-likeness (QED) is 0.783. The number of nitrogens with two attached hydrogens (primary N) is 1. The summed E-state index contributed by atoms with van der Waals surface area (Å²) in [5.74, 6) is 3.11. The van der Waals surface area contributed by atoms with Crippen LogP contribution in [0.5, 0.6) is 0 Å². The third-order valence-electron chi connectivity index (χ3n) is 4.67. The molecule has 1 amide bonds. The van der Waals surface area contributed by atoms with Gasteiger partial charge in [-0.25, -0.2) is 0 Å². The molecule has 2 rings (SSSR count). The maximum Gasteiger partial charge on any atom is 0.224 e. The second kappa shape index (κ2) is 6.44. The molecule has 0 spiro atoms. The smallest absolute Gasteiger partial charge is 0.224 e. The fraction of sp³-hybridized carbons (Fsp3) is 0.857. The van der Waals surface area contributed by atoms with Crippen molar-refractivity contribution in [2.75, 3.05) is 11.5 Å². The van der Waals surface area contributed by atoms with Crippen molar-refractivity contribution in [2.24, 2.45) is 17.6 Å². The number of amides is 1. The molecule has 1 unspecified atom stereocenters. The first-order chi connectivity index (χ1) is 9.07. The highest BCUT2D eigenvalue weighted by Crippen LogP contribution is 2.35. The second-order valence-electron chi connectivity index (χ2n) is 5.85. The zero-order chi connectivity index (χ0) is 13.9. The summed E-state index contributed by atoms with van der Waals surface area (Å²) in [4.78, 5) is 12.8. The molecule has 3 nitrogen and oxygen atoms in total. The van der Waals surface area contributed by atoms with Crippen molar-refractivity contribution in [1.29, 1.82) is 0 Å². The molecule has 1 heterocycles. The summed E-state index contributed by atoms with van der Waals surface area (Å²) >= 11 is 7.11. The Morgan fingerprint density at radius 3 is 2.58 bits per heavy atom. The lowest BCUT2D eigenvalue weighted by molar-refractivity contribution is -0.125. The normalized spacial score (nSPS) is 35.0. The van der Waals surface area contributed by atoms with Crippen LogP contribution in [0.25, 0.3) is 0 Å². The number of hydrogen-bond donors (Lipinski definition) is 2. The van der Waals surface area contributed by atoms with Crippen LogP contribution in [0.2, 0.25) is 0 Å². The van der Waals surface area contributed by atoms with Gasteiger partial charge in [0.1, 0.15) is 0 Å². The molecule has 1 saturated carbocycles. The highest BCUT2D eigenvalue weighted by atomic mass is 32.2. The van der Waals surface area contributed by atoms with E-state index in [2.05, 4.69) is 12.2 Å². The lowest BCUT2D eigenvalue weighted by Gasteiger charge is -2.40. The Morgan fingerprint density at radius 1 is 1.42 bits per heavy atom. The monoisotopic (exact) mass is 300 g/mol. The van der Waals surface area contributed by atoms with E-state index in [1.165, 1.54) is 6.42 Å². The number of carbonyl (C=O) groups excluding carboxylic acids is 1. The largest absolute Gasteiger partial charge is 0.391 e. The lowest BCUT2D eigenvalue weighted by atomic mass is 9.75. The first-order valence-electron chi connectivity index (χ1n) is 7.27. The van der Waals surface area contributed by atoms with Crippen molar-refractivity contribution in [3.05, 3.63) is 0 Å². The Balaban J connectivity index is 2.00. The number of carbonyl (C=O) groups is 1. The van der Waals surface area contributed by atoms with Crippen LogP contribution in [-0.2, 0) is 4.79 Å². The van der Waals surface area contributed by atoms with Gasteiger partial charge in [-0.15, -0.1) is 0 Å². The number of rotatable bonds is 4. The predicted molar refractivity (Wildman–Crippen MR) is 85.3 cm³/mol. The zero-order valence-corrected chi connectivity index (χ0v) is 13.2. The third kappa shape index (κ3) is 3.43. The van der Waals surface area contributed by atoms with E-state index in [0.29, 0.717) is 4.99 Å². The highest BCUT2D eigenvalue weighted by Gasteiger charge is 2.40. The molecule has 0 aromatic rings. The van der Waals surface area contributed by atoms with Gasteiger partial charge in [-0.3, -0.25) is 4.79 Å². The van der Waals surface area contributed by atoms with Crippen LogP contribution in [0.15, 0.2) is 0 Å². The van der Waals surface area contributed by atoms with Crippen LogP contribution in [-0.4, -0.2) is 27.9 Å². The molecule has 0 aromatic heterocycles. The van der Waals surface area contributed by atoms with Crippen molar-refractivity contribution in [2.45, 2.75) is 51.0 Å². The topological polar surface area (TPSA) is 55.1 Å². The molecule has 5 heteroatoms. The fourth-order valence-electron chi connectivity index (χ4n) is 3.09. The maximum atomic E-state index is 12.3. The van der Waals surface area contributed by atoms with Gasteiger partial charge in [0, 0.05) is 11.7 Å². The van der Waals surface area contributed by atoms with Gasteiger partial charge < -0.3 is 11.1 Å². The van der Waals surface area contributed by atoms with E-state index in [1.54, 1.807) is 0 Å². The standard InChI is InChI=1S/C14H24N2OS2/c1-2-10-3-6-14(7-4-10,13(15)18)16-12(17)11-5-8-19-9-11/h10-11H,2-9H2,1H3,(H2,15,18)(H,16,17). The molecule has 19 heavy (non-hydrogen) atoms. The molecule has 108 valence electrons. The summed E-state index contributed by atoms with van der Waals surface area (Å²) in [6, 6.07) is 0. The molecule has 1 aliphatic carbocycles. The Bertz CT molecular complexity index is 345. The fourth-order valence-corrected chi connectivity index (χ4v) is 4.57. The van der Waals surface area contributed by atoms with E-state index < -0.39 is 5.54 Å². The summed E-state index contributed by atoms with van der Waals surface area (Å²) in [5, 5.41) is 3.20. The average Bonchev–Trinajstić information content (AvgIpc) is 2.93. The maximum absolute atomic E-state index is 12.3. The van der Waals surface area contributed by atoms with E-state index >= 15 is 0 Å². The Morgan fingerprint density at radius 2 is 2.11 bits per heavy atom. The van der Waals surface area contributed by atoms with Crippen molar-refractivity contribution < 1.29 is 4.79 Å². The first kappa shape index (κ1) is 15.1. The van der Waals surface area contributed by atoms with Gasteiger partial charge >= 0.3 is 0 Å². The molecule has 3 N–H and O–H groups in total. The predicted octanol–water partition coefficient (Wildman–Crippen LogP) is 2.48. The second-order valence-corrected chi connectivity index (χ2v) is 7.44. The number of thiocarbonyl (C=S) groups is 1. The van der Waals surface area contributed by atoms with Gasteiger partial charge in [0.25, 0.3) is 0 Å². The first-order valence-corrected chi connectivity index (χ1v) is 8.83. The van der Waals surface area contributed by atoms with Gasteiger partial charge in [-0.1, -0.05) is 25.6 Å². The Kier molecular flexibility index (Phi) is 5.12. The zero-order valence-electron chi connectivity index (χ0n) is 11.6. The molecule has 0 aromatic carbocycles. The van der Waals surface area contributed by atoms with Crippen LogP contribution in [0.3, 0.4) is 0 Å².